The summed E-state index contributed by atoms with van der Waals surface area (Å²) in [5, 5.41) is 19.9. The molecule has 24 heavy (non-hydrogen) atoms. The van der Waals surface area contributed by atoms with Crippen LogP contribution >= 0.6 is 0 Å². The van der Waals surface area contributed by atoms with Gasteiger partial charge in [0.1, 0.15) is 29.4 Å². The van der Waals surface area contributed by atoms with Gasteiger partial charge < -0.3 is 19.8 Å². The first-order valence-corrected chi connectivity index (χ1v) is 8.08. The van der Waals surface area contributed by atoms with E-state index >= 15 is 0 Å². The monoisotopic (exact) mass is 327 g/mol. The van der Waals surface area contributed by atoms with Crippen LogP contribution in [0.15, 0.2) is 36.4 Å². The summed E-state index contributed by atoms with van der Waals surface area (Å²) in [4.78, 5) is 14.4. The molecule has 0 unspecified atom stereocenters. The maximum absolute atomic E-state index is 12.7. The predicted molar refractivity (Wildman–Crippen MR) is 90.4 cm³/mol. The number of carbonyl (C=O) groups is 1. The zero-order valence-corrected chi connectivity index (χ0v) is 13.7. The zero-order valence-electron chi connectivity index (χ0n) is 13.7. The third-order valence-corrected chi connectivity index (χ3v) is 4.15. The number of benzene rings is 2. The van der Waals surface area contributed by atoms with Gasteiger partial charge in [-0.1, -0.05) is 29.8 Å². The van der Waals surface area contributed by atoms with Crippen LogP contribution < -0.4 is 4.74 Å². The van der Waals surface area contributed by atoms with Crippen LogP contribution in [0.4, 0.5) is 0 Å². The van der Waals surface area contributed by atoms with Crippen LogP contribution in [0, 0.1) is 6.92 Å². The normalized spacial score (nSPS) is 14.0. The van der Waals surface area contributed by atoms with E-state index in [4.69, 9.17) is 4.74 Å². The number of rotatable bonds is 4. The van der Waals surface area contributed by atoms with Gasteiger partial charge in [-0.25, -0.2) is 0 Å². The first-order chi connectivity index (χ1) is 11.5. The lowest BCUT2D eigenvalue weighted by Crippen LogP contribution is -2.28. The number of amides is 1. The number of nitrogens with zero attached hydrogens (tertiary/aromatic N) is 1. The molecule has 2 N–H and O–H groups in total. The van der Waals surface area contributed by atoms with E-state index in [2.05, 4.69) is 0 Å². The number of carbonyl (C=O) groups excluding carboxylic acids is 1. The molecule has 1 aliphatic heterocycles. The molecule has 0 aliphatic carbocycles. The van der Waals surface area contributed by atoms with E-state index in [0.29, 0.717) is 13.1 Å². The highest BCUT2D eigenvalue weighted by Gasteiger charge is 2.26. The van der Waals surface area contributed by atoms with Crippen molar-refractivity contribution in [3.05, 3.63) is 53.1 Å². The molecule has 1 saturated heterocycles. The highest BCUT2D eigenvalue weighted by Crippen LogP contribution is 2.35. The fourth-order valence-electron chi connectivity index (χ4n) is 2.96. The molecular weight excluding hydrogens is 306 g/mol. The quantitative estimate of drug-likeness (QED) is 0.904. The predicted octanol–water partition coefficient (Wildman–Crippen LogP) is 3.22. The van der Waals surface area contributed by atoms with Gasteiger partial charge in [0, 0.05) is 25.2 Å². The molecule has 5 heteroatoms. The molecule has 5 nitrogen and oxygen atoms in total. The highest BCUT2D eigenvalue weighted by molar-refractivity contribution is 6.00. The van der Waals surface area contributed by atoms with Crippen LogP contribution in [0.25, 0.3) is 0 Å². The molecule has 126 valence electrons. The van der Waals surface area contributed by atoms with Crippen molar-refractivity contribution in [3.63, 3.8) is 0 Å². The zero-order chi connectivity index (χ0) is 17.1. The Labute approximate surface area is 141 Å². The minimum Gasteiger partial charge on any atom is -0.508 e. The summed E-state index contributed by atoms with van der Waals surface area (Å²) >= 11 is 0. The van der Waals surface area contributed by atoms with Crippen molar-refractivity contribution in [2.75, 3.05) is 13.1 Å². The molecule has 0 radical (unpaired) electrons. The smallest absolute Gasteiger partial charge is 0.261 e. The van der Waals surface area contributed by atoms with E-state index in [1.54, 1.807) is 4.90 Å². The van der Waals surface area contributed by atoms with Crippen molar-refractivity contribution < 1.29 is 19.7 Å². The Morgan fingerprint density at radius 2 is 1.92 bits per heavy atom. The lowest BCUT2D eigenvalue weighted by molar-refractivity contribution is 0.0784. The van der Waals surface area contributed by atoms with E-state index in [0.717, 1.165) is 24.0 Å². The molecule has 0 aromatic heterocycles. The number of ether oxygens (including phenoxy) is 1. The standard InChI is InChI=1S/C19H21NO4/c1-13-5-4-6-14(9-13)12-24-17-11-15(21)10-16(22)18(17)19(23)20-7-2-3-8-20/h4-6,9-11,21-22H,2-3,7-8,12H2,1H3. The Morgan fingerprint density at radius 3 is 2.62 bits per heavy atom. The van der Waals surface area contributed by atoms with Crippen LogP contribution in [0.1, 0.15) is 34.3 Å². The third kappa shape index (κ3) is 3.45. The second kappa shape index (κ2) is 6.83. The lowest BCUT2D eigenvalue weighted by Gasteiger charge is -2.19. The number of hydrogen-bond acceptors (Lipinski definition) is 4. The Hall–Kier alpha value is -2.69. The molecule has 1 fully saturated rings. The summed E-state index contributed by atoms with van der Waals surface area (Å²) in [6, 6.07) is 10.4. The fourth-order valence-corrected chi connectivity index (χ4v) is 2.96. The second-order valence-corrected chi connectivity index (χ2v) is 6.12. The Kier molecular flexibility index (Phi) is 4.60. The van der Waals surface area contributed by atoms with Gasteiger partial charge in [0.2, 0.25) is 0 Å². The number of hydrogen-bond donors (Lipinski definition) is 2. The van der Waals surface area contributed by atoms with Crippen LogP contribution in [0.5, 0.6) is 17.2 Å². The van der Waals surface area contributed by atoms with Crippen molar-refractivity contribution in [2.45, 2.75) is 26.4 Å². The van der Waals surface area contributed by atoms with Crippen LogP contribution in [0.3, 0.4) is 0 Å². The van der Waals surface area contributed by atoms with Crippen molar-refractivity contribution in [3.8, 4) is 17.2 Å². The number of aryl methyl sites for hydroxylation is 1. The van der Waals surface area contributed by atoms with Gasteiger partial charge in [-0.15, -0.1) is 0 Å². The van der Waals surface area contributed by atoms with E-state index in [9.17, 15) is 15.0 Å². The maximum Gasteiger partial charge on any atom is 0.261 e. The average molecular weight is 327 g/mol. The van der Waals surface area contributed by atoms with Gasteiger partial charge in [0.05, 0.1) is 0 Å². The summed E-state index contributed by atoms with van der Waals surface area (Å²) in [5.74, 6) is -0.453. The van der Waals surface area contributed by atoms with Gasteiger partial charge in [0.25, 0.3) is 5.91 Å². The molecule has 0 saturated carbocycles. The largest absolute Gasteiger partial charge is 0.508 e. The van der Waals surface area contributed by atoms with Crippen molar-refractivity contribution in [2.24, 2.45) is 0 Å². The number of phenols is 2. The van der Waals surface area contributed by atoms with Crippen LogP contribution in [0.2, 0.25) is 0 Å². The molecular formula is C19H21NO4. The summed E-state index contributed by atoms with van der Waals surface area (Å²) in [5.41, 5.74) is 2.18. The lowest BCUT2D eigenvalue weighted by atomic mass is 10.1. The molecule has 0 bridgehead atoms. The first kappa shape index (κ1) is 16.2. The third-order valence-electron chi connectivity index (χ3n) is 4.15. The van der Waals surface area contributed by atoms with Gasteiger partial charge >= 0.3 is 0 Å². The van der Waals surface area contributed by atoms with Crippen molar-refractivity contribution >= 4 is 5.91 Å². The van der Waals surface area contributed by atoms with Crippen LogP contribution in [-0.4, -0.2) is 34.1 Å². The minimum absolute atomic E-state index is 0.113. The number of likely N-dealkylation sites (tertiary alicyclic amines) is 1. The first-order valence-electron chi connectivity index (χ1n) is 8.08. The summed E-state index contributed by atoms with van der Waals surface area (Å²) in [6.07, 6.45) is 1.92. The summed E-state index contributed by atoms with van der Waals surface area (Å²) < 4.78 is 5.75. The van der Waals surface area contributed by atoms with E-state index in [-0.39, 0.29) is 35.3 Å². The second-order valence-electron chi connectivity index (χ2n) is 6.12. The Balaban J connectivity index is 1.87. The molecule has 3 rings (SSSR count). The van der Waals surface area contributed by atoms with E-state index < -0.39 is 0 Å². The molecule has 0 spiro atoms. The fraction of sp³-hybridized carbons (Fsp3) is 0.316. The molecule has 1 amide bonds. The van der Waals surface area contributed by atoms with Crippen molar-refractivity contribution in [1.29, 1.82) is 0 Å². The molecule has 0 atom stereocenters. The SMILES string of the molecule is Cc1cccc(COc2cc(O)cc(O)c2C(=O)N2CCCC2)c1. The Bertz CT molecular complexity index is 751. The molecule has 2 aromatic carbocycles. The molecule has 2 aromatic rings. The minimum atomic E-state index is -0.260. The van der Waals surface area contributed by atoms with Gasteiger partial charge in [-0.05, 0) is 25.3 Å². The van der Waals surface area contributed by atoms with Gasteiger partial charge in [-0.2, -0.15) is 0 Å². The average Bonchev–Trinajstić information content (AvgIpc) is 3.06. The topological polar surface area (TPSA) is 70.0 Å². The van der Waals surface area contributed by atoms with Gasteiger partial charge in [-0.3, -0.25) is 4.79 Å². The Morgan fingerprint density at radius 1 is 1.17 bits per heavy atom. The number of phenolic OH excluding ortho intramolecular Hbond substituents is 2. The molecule has 1 heterocycles. The van der Waals surface area contributed by atoms with E-state index in [1.807, 2.05) is 31.2 Å². The van der Waals surface area contributed by atoms with E-state index in [1.165, 1.54) is 12.1 Å². The summed E-state index contributed by atoms with van der Waals surface area (Å²) in [6.45, 7) is 3.60. The van der Waals surface area contributed by atoms with Crippen LogP contribution in [-0.2, 0) is 6.61 Å². The maximum atomic E-state index is 12.7. The van der Waals surface area contributed by atoms with Gasteiger partial charge in [0.15, 0.2) is 0 Å². The highest BCUT2D eigenvalue weighted by atomic mass is 16.5. The van der Waals surface area contributed by atoms with Crippen molar-refractivity contribution in [1.82, 2.24) is 4.90 Å². The summed E-state index contributed by atoms with van der Waals surface area (Å²) in [7, 11) is 0. The number of aromatic hydroxyl groups is 2. The molecule has 1 aliphatic rings.